The Kier molecular flexibility index (Phi) is 3.78. The van der Waals surface area contributed by atoms with Crippen LogP contribution in [0.1, 0.15) is 22.3 Å². The van der Waals surface area contributed by atoms with Crippen LogP contribution in [-0.2, 0) is 11.3 Å². The number of fused-ring (bicyclic) bond motifs is 1. The zero-order valence-electron chi connectivity index (χ0n) is 11.9. The van der Waals surface area contributed by atoms with Crippen LogP contribution >= 0.6 is 0 Å². The minimum absolute atomic E-state index is 0.0364. The number of ether oxygens (including phenoxy) is 1. The Bertz CT molecular complexity index is 712. The number of carboxylic acid groups (broad SMARTS) is 1. The van der Waals surface area contributed by atoms with E-state index in [0.29, 0.717) is 18.0 Å². The number of rotatable bonds is 3. The Balaban J connectivity index is 1.99. The third-order valence-electron chi connectivity index (χ3n) is 3.56. The number of carbonyl (C=O) groups excluding carboxylic acids is 1. The second-order valence-corrected chi connectivity index (χ2v) is 5.05. The Morgan fingerprint density at radius 1 is 1.18 bits per heavy atom. The first-order chi connectivity index (χ1) is 10.6. The maximum atomic E-state index is 12.3. The van der Waals surface area contributed by atoms with Gasteiger partial charge in [0.15, 0.2) is 0 Å². The third kappa shape index (κ3) is 2.79. The van der Waals surface area contributed by atoms with Crippen LogP contribution in [0, 0.1) is 0 Å². The second-order valence-electron chi connectivity index (χ2n) is 5.05. The summed E-state index contributed by atoms with van der Waals surface area (Å²) in [4.78, 5) is 25.0. The molecule has 3 rings (SSSR count). The molecule has 1 amide bonds. The molecule has 0 saturated carbocycles. The summed E-state index contributed by atoms with van der Waals surface area (Å²) in [5.41, 5.74) is 1.76. The molecule has 0 bridgehead atoms. The van der Waals surface area contributed by atoms with Gasteiger partial charge in [-0.15, -0.1) is 0 Å². The SMILES string of the molecule is O=C(O)c1ccc2c(c1)OCCC(=O)N2Cc1ccccc1. The van der Waals surface area contributed by atoms with Gasteiger partial charge in [-0.25, -0.2) is 4.79 Å². The molecule has 112 valence electrons. The van der Waals surface area contributed by atoms with E-state index in [4.69, 9.17) is 9.84 Å². The van der Waals surface area contributed by atoms with E-state index in [2.05, 4.69) is 0 Å². The maximum Gasteiger partial charge on any atom is 0.335 e. The van der Waals surface area contributed by atoms with Crippen molar-refractivity contribution in [3.05, 3.63) is 59.7 Å². The van der Waals surface area contributed by atoms with Crippen LogP contribution in [0.15, 0.2) is 48.5 Å². The molecule has 0 aliphatic carbocycles. The van der Waals surface area contributed by atoms with E-state index >= 15 is 0 Å². The van der Waals surface area contributed by atoms with Crippen LogP contribution in [0.3, 0.4) is 0 Å². The molecule has 0 radical (unpaired) electrons. The summed E-state index contributed by atoms with van der Waals surface area (Å²) in [5, 5.41) is 9.07. The quantitative estimate of drug-likeness (QED) is 0.946. The minimum atomic E-state index is -1.02. The molecule has 5 heteroatoms. The molecule has 2 aromatic carbocycles. The lowest BCUT2D eigenvalue weighted by Crippen LogP contribution is -2.29. The van der Waals surface area contributed by atoms with Gasteiger partial charge >= 0.3 is 5.97 Å². The van der Waals surface area contributed by atoms with Crippen molar-refractivity contribution < 1.29 is 19.4 Å². The van der Waals surface area contributed by atoms with E-state index in [1.54, 1.807) is 11.0 Å². The van der Waals surface area contributed by atoms with Crippen molar-refractivity contribution in [3.63, 3.8) is 0 Å². The van der Waals surface area contributed by atoms with Crippen molar-refractivity contribution in [1.82, 2.24) is 0 Å². The van der Waals surface area contributed by atoms with Gasteiger partial charge in [-0.1, -0.05) is 30.3 Å². The highest BCUT2D eigenvalue weighted by molar-refractivity contribution is 5.97. The number of benzene rings is 2. The highest BCUT2D eigenvalue weighted by Crippen LogP contribution is 2.33. The number of carbonyl (C=O) groups is 2. The molecule has 1 N–H and O–H groups in total. The van der Waals surface area contributed by atoms with Crippen LogP contribution in [0.5, 0.6) is 5.75 Å². The fourth-order valence-electron chi connectivity index (χ4n) is 2.44. The Hall–Kier alpha value is -2.82. The number of hydrogen-bond donors (Lipinski definition) is 1. The van der Waals surface area contributed by atoms with Crippen LogP contribution in [0.2, 0.25) is 0 Å². The largest absolute Gasteiger partial charge is 0.491 e. The zero-order chi connectivity index (χ0) is 15.5. The normalized spacial score (nSPS) is 14.0. The molecule has 22 heavy (non-hydrogen) atoms. The molecule has 0 spiro atoms. The van der Waals surface area contributed by atoms with Gasteiger partial charge in [0, 0.05) is 0 Å². The molecule has 1 aliphatic rings. The standard InChI is InChI=1S/C17H15NO4/c19-16-8-9-22-15-10-13(17(20)21)6-7-14(15)18(16)11-12-4-2-1-3-5-12/h1-7,10H,8-9,11H2,(H,20,21). The first-order valence-corrected chi connectivity index (χ1v) is 6.99. The smallest absolute Gasteiger partial charge is 0.335 e. The topological polar surface area (TPSA) is 66.8 Å². The van der Waals surface area contributed by atoms with Crippen molar-refractivity contribution in [1.29, 1.82) is 0 Å². The summed E-state index contributed by atoms with van der Waals surface area (Å²) in [6, 6.07) is 14.2. The van der Waals surface area contributed by atoms with E-state index in [-0.39, 0.29) is 24.5 Å². The summed E-state index contributed by atoms with van der Waals surface area (Å²) < 4.78 is 5.55. The van der Waals surface area contributed by atoms with Crippen molar-refractivity contribution in [2.45, 2.75) is 13.0 Å². The fraction of sp³-hybridized carbons (Fsp3) is 0.176. The average molecular weight is 297 g/mol. The molecular formula is C17H15NO4. The average Bonchev–Trinajstić information content (AvgIpc) is 2.67. The molecular weight excluding hydrogens is 282 g/mol. The van der Waals surface area contributed by atoms with Crippen molar-refractivity contribution in [2.75, 3.05) is 11.5 Å². The van der Waals surface area contributed by atoms with Crippen LogP contribution in [0.25, 0.3) is 0 Å². The van der Waals surface area contributed by atoms with Gasteiger partial charge in [-0.3, -0.25) is 4.79 Å². The second kappa shape index (κ2) is 5.89. The Morgan fingerprint density at radius 2 is 1.95 bits per heavy atom. The van der Waals surface area contributed by atoms with E-state index in [1.807, 2.05) is 30.3 Å². The van der Waals surface area contributed by atoms with Crippen LogP contribution in [0.4, 0.5) is 5.69 Å². The lowest BCUT2D eigenvalue weighted by Gasteiger charge is -2.22. The van der Waals surface area contributed by atoms with E-state index < -0.39 is 5.97 Å². The van der Waals surface area contributed by atoms with E-state index in [9.17, 15) is 9.59 Å². The predicted octanol–water partition coefficient (Wildman–Crippen LogP) is 2.70. The van der Waals surface area contributed by atoms with Crippen LogP contribution < -0.4 is 9.64 Å². The number of aromatic carboxylic acids is 1. The Morgan fingerprint density at radius 3 is 2.68 bits per heavy atom. The number of hydrogen-bond acceptors (Lipinski definition) is 3. The summed E-state index contributed by atoms with van der Waals surface area (Å²) in [6.45, 7) is 0.683. The Labute approximate surface area is 127 Å². The van der Waals surface area contributed by atoms with Gasteiger partial charge in [0.25, 0.3) is 0 Å². The lowest BCUT2D eigenvalue weighted by atomic mass is 10.1. The van der Waals surface area contributed by atoms with Gasteiger partial charge in [-0.2, -0.15) is 0 Å². The summed E-state index contributed by atoms with van der Waals surface area (Å²) in [5.74, 6) is -0.621. The number of carboxylic acids is 1. The molecule has 0 aromatic heterocycles. The fourth-order valence-corrected chi connectivity index (χ4v) is 2.44. The van der Waals surface area contributed by atoms with Gasteiger partial charge < -0.3 is 14.7 Å². The van der Waals surface area contributed by atoms with Gasteiger partial charge in [0.1, 0.15) is 5.75 Å². The molecule has 1 aliphatic heterocycles. The zero-order valence-corrected chi connectivity index (χ0v) is 11.9. The van der Waals surface area contributed by atoms with Crippen molar-refractivity contribution in [3.8, 4) is 5.75 Å². The number of anilines is 1. The molecule has 1 heterocycles. The summed E-state index contributed by atoms with van der Waals surface area (Å²) in [7, 11) is 0. The van der Waals surface area contributed by atoms with E-state index in [1.165, 1.54) is 12.1 Å². The minimum Gasteiger partial charge on any atom is -0.491 e. The molecule has 2 aromatic rings. The molecule has 0 atom stereocenters. The summed E-state index contributed by atoms with van der Waals surface area (Å²) in [6.07, 6.45) is 0.268. The number of nitrogens with zero attached hydrogens (tertiary/aromatic N) is 1. The van der Waals surface area contributed by atoms with Gasteiger partial charge in [0.2, 0.25) is 5.91 Å². The molecule has 0 unspecified atom stereocenters. The van der Waals surface area contributed by atoms with Crippen molar-refractivity contribution >= 4 is 17.6 Å². The molecule has 0 saturated heterocycles. The number of amides is 1. The monoisotopic (exact) mass is 297 g/mol. The molecule has 5 nitrogen and oxygen atoms in total. The molecule has 0 fully saturated rings. The maximum absolute atomic E-state index is 12.3. The summed E-state index contributed by atoms with van der Waals surface area (Å²) >= 11 is 0. The van der Waals surface area contributed by atoms with Gasteiger partial charge in [-0.05, 0) is 23.8 Å². The predicted molar refractivity (Wildman–Crippen MR) is 81.1 cm³/mol. The van der Waals surface area contributed by atoms with E-state index in [0.717, 1.165) is 5.56 Å². The van der Waals surface area contributed by atoms with Crippen molar-refractivity contribution in [2.24, 2.45) is 0 Å². The first kappa shape index (κ1) is 14.1. The highest BCUT2D eigenvalue weighted by atomic mass is 16.5. The van der Waals surface area contributed by atoms with Crippen LogP contribution in [-0.4, -0.2) is 23.6 Å². The highest BCUT2D eigenvalue weighted by Gasteiger charge is 2.24. The first-order valence-electron chi connectivity index (χ1n) is 6.99. The lowest BCUT2D eigenvalue weighted by molar-refractivity contribution is -0.118. The third-order valence-corrected chi connectivity index (χ3v) is 3.56. The van der Waals surface area contributed by atoms with Gasteiger partial charge in [0.05, 0.1) is 30.8 Å².